The first-order valence-electron chi connectivity index (χ1n) is 6.31. The van der Waals surface area contributed by atoms with Gasteiger partial charge in [0.1, 0.15) is 0 Å². The van der Waals surface area contributed by atoms with Gasteiger partial charge in [0.25, 0.3) is 0 Å². The third-order valence-electron chi connectivity index (χ3n) is 2.90. The molecule has 108 valence electrons. The topological polar surface area (TPSA) is 74.6 Å². The number of carboxylic acid groups (broad SMARTS) is 2. The van der Waals surface area contributed by atoms with Gasteiger partial charge in [0.2, 0.25) is 0 Å². The van der Waals surface area contributed by atoms with Crippen LogP contribution in [0.2, 0.25) is 0 Å². The first-order chi connectivity index (χ1) is 10.1. The summed E-state index contributed by atoms with van der Waals surface area (Å²) in [6, 6.07) is 14.2. The first kappa shape index (κ1) is 15.1. The number of rotatable bonds is 6. The van der Waals surface area contributed by atoms with Crippen LogP contribution in [0, 0.1) is 0 Å². The molecule has 4 nitrogen and oxygen atoms in total. The van der Waals surface area contributed by atoms with Crippen molar-refractivity contribution in [2.45, 2.75) is 17.1 Å². The van der Waals surface area contributed by atoms with Gasteiger partial charge in [-0.1, -0.05) is 30.3 Å². The minimum absolute atomic E-state index is 0.0138. The monoisotopic (exact) mass is 302 g/mol. The largest absolute Gasteiger partial charge is 0.481 e. The summed E-state index contributed by atoms with van der Waals surface area (Å²) in [7, 11) is 0. The van der Waals surface area contributed by atoms with Crippen molar-refractivity contribution in [3.8, 4) is 0 Å². The van der Waals surface area contributed by atoms with Gasteiger partial charge < -0.3 is 10.2 Å². The molecule has 2 rings (SSSR count). The van der Waals surface area contributed by atoms with Crippen LogP contribution in [0.5, 0.6) is 0 Å². The van der Waals surface area contributed by atoms with Crippen molar-refractivity contribution < 1.29 is 19.8 Å². The molecule has 0 heterocycles. The van der Waals surface area contributed by atoms with E-state index in [0.717, 1.165) is 16.0 Å². The minimum atomic E-state index is -0.939. The maximum absolute atomic E-state index is 11.1. The lowest BCUT2D eigenvalue weighted by Gasteiger charge is -2.07. The Bertz CT molecular complexity index is 667. The summed E-state index contributed by atoms with van der Waals surface area (Å²) in [5.41, 5.74) is 1.78. The molecular formula is C16H14O4S. The van der Waals surface area contributed by atoms with Gasteiger partial charge in [-0.2, -0.15) is 0 Å². The van der Waals surface area contributed by atoms with E-state index >= 15 is 0 Å². The van der Waals surface area contributed by atoms with Crippen LogP contribution in [-0.4, -0.2) is 22.2 Å². The van der Waals surface area contributed by atoms with Crippen molar-refractivity contribution in [2.24, 2.45) is 0 Å². The predicted octanol–water partition coefficient (Wildman–Crippen LogP) is 3.30. The Morgan fingerprint density at radius 2 is 1.76 bits per heavy atom. The van der Waals surface area contributed by atoms with Gasteiger partial charge in [0.15, 0.2) is 0 Å². The van der Waals surface area contributed by atoms with Crippen LogP contribution >= 0.6 is 11.8 Å². The summed E-state index contributed by atoms with van der Waals surface area (Å²) >= 11 is 1.49. The Labute approximate surface area is 126 Å². The summed E-state index contributed by atoms with van der Waals surface area (Å²) in [6.45, 7) is 0. The number of thioether (sulfide) groups is 1. The fourth-order valence-corrected chi connectivity index (χ4v) is 2.92. The molecule has 2 aromatic carbocycles. The number of hydrogen-bond donors (Lipinski definition) is 2. The zero-order chi connectivity index (χ0) is 15.2. The average Bonchev–Trinajstić information content (AvgIpc) is 2.45. The highest BCUT2D eigenvalue weighted by Gasteiger charge is 2.09. The molecule has 0 aliphatic rings. The lowest BCUT2D eigenvalue weighted by molar-refractivity contribution is -0.136. The molecule has 2 N–H and O–H groups in total. The van der Waals surface area contributed by atoms with Crippen LogP contribution in [0.1, 0.15) is 21.5 Å². The van der Waals surface area contributed by atoms with Crippen LogP contribution in [0.25, 0.3) is 0 Å². The smallest absolute Gasteiger partial charge is 0.335 e. The van der Waals surface area contributed by atoms with E-state index in [0.29, 0.717) is 11.3 Å². The summed E-state index contributed by atoms with van der Waals surface area (Å²) < 4.78 is 0. The molecule has 0 aromatic heterocycles. The fraction of sp³-hybridized carbons (Fsp3) is 0.125. The second kappa shape index (κ2) is 6.95. The maximum Gasteiger partial charge on any atom is 0.335 e. The van der Waals surface area contributed by atoms with E-state index < -0.39 is 11.9 Å². The lowest BCUT2D eigenvalue weighted by atomic mass is 10.1. The van der Waals surface area contributed by atoms with Gasteiger partial charge in [-0.3, -0.25) is 4.79 Å². The third-order valence-corrected chi connectivity index (χ3v) is 3.94. The fourth-order valence-electron chi connectivity index (χ4n) is 1.94. The Hall–Kier alpha value is -2.27. The molecule has 0 bridgehead atoms. The van der Waals surface area contributed by atoms with Gasteiger partial charge in [-0.05, 0) is 29.3 Å². The average molecular weight is 302 g/mol. The number of carbonyl (C=O) groups is 2. The van der Waals surface area contributed by atoms with E-state index in [1.807, 2.05) is 24.3 Å². The molecule has 0 aliphatic carbocycles. The van der Waals surface area contributed by atoms with E-state index in [2.05, 4.69) is 0 Å². The van der Waals surface area contributed by atoms with Crippen molar-refractivity contribution in [1.29, 1.82) is 0 Å². The number of benzene rings is 2. The van der Waals surface area contributed by atoms with E-state index in [1.54, 1.807) is 24.3 Å². The quantitative estimate of drug-likeness (QED) is 0.801. The summed E-state index contributed by atoms with van der Waals surface area (Å²) in [5.74, 6) is -1.28. The van der Waals surface area contributed by atoms with Crippen LogP contribution in [0.3, 0.4) is 0 Å². The molecule has 5 heteroatoms. The Balaban J connectivity index is 2.10. The standard InChI is InChI=1S/C16H14O4S/c17-15(18)9-11-4-3-6-13(8-11)21-10-12-5-1-2-7-14(12)16(19)20/h1-8H,9-10H2,(H,17,18)(H,19,20). The molecule has 0 unspecified atom stereocenters. The normalized spacial score (nSPS) is 10.3. The molecule has 0 saturated carbocycles. The third kappa shape index (κ3) is 4.36. The number of aromatic carboxylic acids is 1. The summed E-state index contributed by atoms with van der Waals surface area (Å²) in [6.07, 6.45) is -0.0138. The zero-order valence-corrected chi connectivity index (χ0v) is 12.0. The molecular weight excluding hydrogens is 288 g/mol. The Morgan fingerprint density at radius 1 is 1.00 bits per heavy atom. The minimum Gasteiger partial charge on any atom is -0.481 e. The lowest BCUT2D eigenvalue weighted by Crippen LogP contribution is -2.01. The molecule has 21 heavy (non-hydrogen) atoms. The van der Waals surface area contributed by atoms with Gasteiger partial charge in [0.05, 0.1) is 12.0 Å². The number of hydrogen-bond acceptors (Lipinski definition) is 3. The molecule has 2 aromatic rings. The maximum atomic E-state index is 11.1. The van der Waals surface area contributed by atoms with Gasteiger partial charge in [-0.15, -0.1) is 11.8 Å². The van der Waals surface area contributed by atoms with Gasteiger partial charge >= 0.3 is 11.9 Å². The van der Waals surface area contributed by atoms with Crippen molar-refractivity contribution in [1.82, 2.24) is 0 Å². The molecule has 0 spiro atoms. The van der Waals surface area contributed by atoms with E-state index in [-0.39, 0.29) is 6.42 Å². The highest BCUT2D eigenvalue weighted by Crippen LogP contribution is 2.25. The van der Waals surface area contributed by atoms with Gasteiger partial charge in [-0.25, -0.2) is 4.79 Å². The van der Waals surface area contributed by atoms with Crippen LogP contribution in [0.15, 0.2) is 53.4 Å². The molecule has 0 radical (unpaired) electrons. The Kier molecular flexibility index (Phi) is 5.00. The molecule has 0 fully saturated rings. The second-order valence-corrected chi connectivity index (χ2v) is 5.52. The van der Waals surface area contributed by atoms with Crippen LogP contribution < -0.4 is 0 Å². The van der Waals surface area contributed by atoms with Crippen molar-refractivity contribution in [2.75, 3.05) is 0 Å². The first-order valence-corrected chi connectivity index (χ1v) is 7.29. The van der Waals surface area contributed by atoms with Crippen molar-refractivity contribution >= 4 is 23.7 Å². The predicted molar refractivity (Wildman–Crippen MR) is 80.7 cm³/mol. The highest BCUT2D eigenvalue weighted by molar-refractivity contribution is 7.98. The van der Waals surface area contributed by atoms with E-state index in [9.17, 15) is 9.59 Å². The summed E-state index contributed by atoms with van der Waals surface area (Å²) in [4.78, 5) is 22.8. The van der Waals surface area contributed by atoms with Crippen molar-refractivity contribution in [3.05, 3.63) is 65.2 Å². The number of aliphatic carboxylic acids is 1. The second-order valence-electron chi connectivity index (χ2n) is 4.47. The highest BCUT2D eigenvalue weighted by atomic mass is 32.2. The van der Waals surface area contributed by atoms with Crippen LogP contribution in [0.4, 0.5) is 0 Å². The van der Waals surface area contributed by atoms with E-state index in [4.69, 9.17) is 10.2 Å². The molecule has 0 aliphatic heterocycles. The van der Waals surface area contributed by atoms with E-state index in [1.165, 1.54) is 11.8 Å². The molecule has 0 atom stereocenters. The number of carboxylic acids is 2. The van der Waals surface area contributed by atoms with Gasteiger partial charge in [0, 0.05) is 10.6 Å². The van der Waals surface area contributed by atoms with Crippen LogP contribution in [-0.2, 0) is 17.0 Å². The molecule has 0 amide bonds. The SMILES string of the molecule is O=C(O)Cc1cccc(SCc2ccccc2C(=O)O)c1. The van der Waals surface area contributed by atoms with Crippen molar-refractivity contribution in [3.63, 3.8) is 0 Å². The summed E-state index contributed by atoms with van der Waals surface area (Å²) in [5, 5.41) is 17.9. The zero-order valence-electron chi connectivity index (χ0n) is 11.2. The molecule has 0 saturated heterocycles. The Morgan fingerprint density at radius 3 is 2.48 bits per heavy atom.